The summed E-state index contributed by atoms with van der Waals surface area (Å²) in [6, 6.07) is 13.4. The predicted molar refractivity (Wildman–Crippen MR) is 90.4 cm³/mol. The first-order valence-corrected chi connectivity index (χ1v) is 9.08. The highest BCUT2D eigenvalue weighted by Crippen LogP contribution is 2.31. The van der Waals surface area contributed by atoms with Gasteiger partial charge in [-0.15, -0.1) is 0 Å². The molecule has 0 unspecified atom stereocenters. The molecule has 5 nitrogen and oxygen atoms in total. The molecule has 0 fully saturated rings. The summed E-state index contributed by atoms with van der Waals surface area (Å²) < 4.78 is 36.8. The Morgan fingerprint density at radius 3 is 2.83 bits per heavy atom. The van der Waals surface area contributed by atoms with E-state index < -0.39 is 10.0 Å². The number of sulfonamides is 1. The van der Waals surface area contributed by atoms with Crippen LogP contribution in [0.4, 0.5) is 5.69 Å². The zero-order valence-corrected chi connectivity index (χ0v) is 13.7. The Kier molecular flexibility index (Phi) is 4.54. The number of fused-ring (bicyclic) bond motifs is 1. The second-order valence-corrected chi connectivity index (χ2v) is 7.26. The first-order chi connectivity index (χ1) is 11.1. The normalized spacial score (nSPS) is 13.4. The summed E-state index contributed by atoms with van der Waals surface area (Å²) in [7, 11) is -1.92. The van der Waals surface area contributed by atoms with Crippen molar-refractivity contribution in [1.82, 2.24) is 0 Å². The van der Waals surface area contributed by atoms with E-state index in [1.165, 1.54) is 12.7 Å². The maximum Gasteiger partial charge on any atom is 0.234 e. The van der Waals surface area contributed by atoms with Gasteiger partial charge in [-0.25, -0.2) is 8.42 Å². The fourth-order valence-electron chi connectivity index (χ4n) is 2.55. The molecule has 1 N–H and O–H groups in total. The van der Waals surface area contributed by atoms with Crippen molar-refractivity contribution in [2.24, 2.45) is 0 Å². The molecule has 1 aliphatic heterocycles. The molecule has 0 saturated heterocycles. The van der Waals surface area contributed by atoms with Crippen LogP contribution in [0, 0.1) is 0 Å². The third kappa shape index (κ3) is 3.83. The topological polar surface area (TPSA) is 64.6 Å². The van der Waals surface area contributed by atoms with Crippen LogP contribution in [0.25, 0.3) is 11.1 Å². The Balaban J connectivity index is 1.83. The summed E-state index contributed by atoms with van der Waals surface area (Å²) in [6.07, 6.45) is 0.909. The number of ether oxygens (including phenoxy) is 2. The SMILES string of the molecule is COCCS(=O)(=O)Nc1cccc(-c2ccc3c(c2)CCO3)c1. The third-order valence-corrected chi connectivity index (χ3v) is 4.97. The summed E-state index contributed by atoms with van der Waals surface area (Å²) in [5.74, 6) is 0.870. The van der Waals surface area contributed by atoms with Gasteiger partial charge in [0.1, 0.15) is 5.75 Å². The molecule has 1 aliphatic rings. The zero-order chi connectivity index (χ0) is 16.3. The van der Waals surface area contributed by atoms with Crippen LogP contribution in [0.2, 0.25) is 0 Å². The molecule has 0 spiro atoms. The minimum atomic E-state index is -3.40. The molecular weight excluding hydrogens is 314 g/mol. The molecule has 0 bridgehead atoms. The zero-order valence-electron chi connectivity index (χ0n) is 12.9. The van der Waals surface area contributed by atoms with Gasteiger partial charge in [0.25, 0.3) is 0 Å². The highest BCUT2D eigenvalue weighted by atomic mass is 32.2. The summed E-state index contributed by atoms with van der Waals surface area (Å²) in [6.45, 7) is 0.887. The average Bonchev–Trinajstić information content (AvgIpc) is 3.00. The Morgan fingerprint density at radius 1 is 1.17 bits per heavy atom. The van der Waals surface area contributed by atoms with Crippen LogP contribution in [0.5, 0.6) is 5.75 Å². The fraction of sp³-hybridized carbons (Fsp3) is 0.294. The third-order valence-electron chi connectivity index (χ3n) is 3.71. The van der Waals surface area contributed by atoms with Gasteiger partial charge in [-0.3, -0.25) is 4.72 Å². The minimum absolute atomic E-state index is 0.0656. The van der Waals surface area contributed by atoms with Crippen LogP contribution >= 0.6 is 0 Å². The number of nitrogens with one attached hydrogen (secondary N) is 1. The number of hydrogen-bond acceptors (Lipinski definition) is 4. The lowest BCUT2D eigenvalue weighted by atomic mass is 10.0. The largest absolute Gasteiger partial charge is 0.493 e. The van der Waals surface area contributed by atoms with Gasteiger partial charge in [-0.05, 0) is 41.0 Å². The number of hydrogen-bond donors (Lipinski definition) is 1. The van der Waals surface area contributed by atoms with Crippen molar-refractivity contribution in [1.29, 1.82) is 0 Å². The van der Waals surface area contributed by atoms with Crippen molar-refractivity contribution >= 4 is 15.7 Å². The average molecular weight is 333 g/mol. The van der Waals surface area contributed by atoms with Crippen LogP contribution in [-0.4, -0.2) is 34.5 Å². The molecule has 0 aliphatic carbocycles. The van der Waals surface area contributed by atoms with Gasteiger partial charge in [0.2, 0.25) is 10.0 Å². The highest BCUT2D eigenvalue weighted by molar-refractivity contribution is 7.92. The molecule has 1 heterocycles. The van der Waals surface area contributed by atoms with E-state index in [-0.39, 0.29) is 12.4 Å². The molecule has 122 valence electrons. The van der Waals surface area contributed by atoms with Crippen molar-refractivity contribution in [3.05, 3.63) is 48.0 Å². The quantitative estimate of drug-likeness (QED) is 0.883. The smallest absolute Gasteiger partial charge is 0.234 e. The van der Waals surface area contributed by atoms with E-state index in [1.807, 2.05) is 30.3 Å². The van der Waals surface area contributed by atoms with Gasteiger partial charge in [-0.1, -0.05) is 18.2 Å². The second kappa shape index (κ2) is 6.60. The molecule has 23 heavy (non-hydrogen) atoms. The van der Waals surface area contributed by atoms with E-state index >= 15 is 0 Å². The van der Waals surface area contributed by atoms with E-state index in [9.17, 15) is 8.42 Å². The number of anilines is 1. The maximum absolute atomic E-state index is 12.0. The monoisotopic (exact) mass is 333 g/mol. The Morgan fingerprint density at radius 2 is 2.00 bits per heavy atom. The summed E-state index contributed by atoms with van der Waals surface area (Å²) in [5, 5.41) is 0. The van der Waals surface area contributed by atoms with Crippen molar-refractivity contribution in [3.63, 3.8) is 0 Å². The van der Waals surface area contributed by atoms with Crippen molar-refractivity contribution < 1.29 is 17.9 Å². The molecule has 0 atom stereocenters. The Bertz CT molecular complexity index is 802. The van der Waals surface area contributed by atoms with Crippen LogP contribution in [0.15, 0.2) is 42.5 Å². The molecule has 0 amide bonds. The van der Waals surface area contributed by atoms with Crippen LogP contribution in [-0.2, 0) is 21.2 Å². The lowest BCUT2D eigenvalue weighted by Gasteiger charge is -2.10. The number of methoxy groups -OCH3 is 1. The Hall–Kier alpha value is -2.05. The van der Waals surface area contributed by atoms with E-state index in [2.05, 4.69) is 10.8 Å². The van der Waals surface area contributed by atoms with E-state index in [1.54, 1.807) is 6.07 Å². The van der Waals surface area contributed by atoms with Crippen molar-refractivity contribution in [2.45, 2.75) is 6.42 Å². The van der Waals surface area contributed by atoms with Gasteiger partial charge in [0, 0.05) is 19.2 Å². The molecule has 2 aromatic carbocycles. The lowest BCUT2D eigenvalue weighted by Crippen LogP contribution is -2.19. The van der Waals surface area contributed by atoms with Gasteiger partial charge < -0.3 is 9.47 Å². The summed E-state index contributed by atoms with van der Waals surface area (Å²) in [4.78, 5) is 0. The molecule has 0 aromatic heterocycles. The number of rotatable bonds is 6. The highest BCUT2D eigenvalue weighted by Gasteiger charge is 2.14. The molecule has 3 rings (SSSR count). The van der Waals surface area contributed by atoms with E-state index in [0.717, 1.165) is 29.9 Å². The summed E-state index contributed by atoms with van der Waals surface area (Å²) in [5.41, 5.74) is 3.75. The van der Waals surface area contributed by atoms with E-state index in [4.69, 9.17) is 9.47 Å². The standard InChI is InChI=1S/C17H19NO4S/c1-21-9-10-23(19,20)18-16-4-2-3-13(12-16)14-5-6-17-15(11-14)7-8-22-17/h2-6,11-12,18H,7-10H2,1H3. The second-order valence-electron chi connectivity index (χ2n) is 5.42. The fourth-order valence-corrected chi connectivity index (χ4v) is 3.53. The first kappa shape index (κ1) is 15.8. The molecule has 2 aromatic rings. The van der Waals surface area contributed by atoms with Gasteiger partial charge in [0.15, 0.2) is 0 Å². The molecular formula is C17H19NO4S. The minimum Gasteiger partial charge on any atom is -0.493 e. The van der Waals surface area contributed by atoms with Gasteiger partial charge in [0.05, 0.1) is 19.0 Å². The van der Waals surface area contributed by atoms with Crippen LogP contribution in [0.3, 0.4) is 0 Å². The predicted octanol–water partition coefficient (Wildman–Crippen LogP) is 2.68. The first-order valence-electron chi connectivity index (χ1n) is 7.43. The molecule has 6 heteroatoms. The lowest BCUT2D eigenvalue weighted by molar-refractivity contribution is 0.217. The molecule has 0 saturated carbocycles. The van der Waals surface area contributed by atoms with Crippen LogP contribution < -0.4 is 9.46 Å². The van der Waals surface area contributed by atoms with Crippen LogP contribution in [0.1, 0.15) is 5.56 Å². The van der Waals surface area contributed by atoms with E-state index in [0.29, 0.717) is 5.69 Å². The summed E-state index contributed by atoms with van der Waals surface area (Å²) >= 11 is 0. The van der Waals surface area contributed by atoms with Gasteiger partial charge >= 0.3 is 0 Å². The molecule has 0 radical (unpaired) electrons. The van der Waals surface area contributed by atoms with Crippen molar-refractivity contribution in [3.8, 4) is 16.9 Å². The van der Waals surface area contributed by atoms with Crippen molar-refractivity contribution in [2.75, 3.05) is 30.8 Å². The maximum atomic E-state index is 12.0. The number of benzene rings is 2. The Labute approximate surface area is 136 Å². The van der Waals surface area contributed by atoms with Gasteiger partial charge in [-0.2, -0.15) is 0 Å².